The minimum atomic E-state index is -1.10. The number of aromatic carboxylic acids is 1. The third-order valence-electron chi connectivity index (χ3n) is 1.81. The first-order valence-corrected chi connectivity index (χ1v) is 5.29. The number of carbonyl (C=O) groups is 1. The van der Waals surface area contributed by atoms with Gasteiger partial charge in [0.05, 0.1) is 10.7 Å². The van der Waals surface area contributed by atoms with Crippen LogP contribution in [0, 0.1) is 0 Å². The zero-order valence-corrected chi connectivity index (χ0v) is 9.96. The van der Waals surface area contributed by atoms with Crippen molar-refractivity contribution >= 4 is 21.9 Å². The van der Waals surface area contributed by atoms with Gasteiger partial charge >= 0.3 is 12.0 Å². The number of halogens is 1. The van der Waals surface area contributed by atoms with Crippen molar-refractivity contribution < 1.29 is 14.6 Å². The molecular weight excluding hydrogens is 290 g/mol. The summed E-state index contributed by atoms with van der Waals surface area (Å²) in [7, 11) is 0. The van der Waals surface area contributed by atoms with Crippen molar-refractivity contribution in [2.45, 2.75) is 0 Å². The summed E-state index contributed by atoms with van der Waals surface area (Å²) in [4.78, 5) is 22.4. The summed E-state index contributed by atoms with van der Waals surface area (Å²) in [6.45, 7) is 0. The van der Waals surface area contributed by atoms with Gasteiger partial charge in [-0.3, -0.25) is 4.98 Å². The van der Waals surface area contributed by atoms with Crippen LogP contribution >= 0.6 is 15.9 Å². The van der Waals surface area contributed by atoms with E-state index in [1.807, 2.05) is 0 Å². The van der Waals surface area contributed by atoms with Crippen molar-refractivity contribution in [2.75, 3.05) is 0 Å². The molecule has 0 amide bonds. The standard InChI is InChI=1S/C10H6BrN3O3/c11-6-3-13-10(14-4-6)17-8-5-12-2-1-7(8)9(15)16/h1-5H,(H,15,16). The second-order valence-corrected chi connectivity index (χ2v) is 3.88. The molecule has 0 fully saturated rings. The third kappa shape index (κ3) is 2.76. The molecular formula is C10H6BrN3O3. The van der Waals surface area contributed by atoms with Crippen LogP contribution in [0.25, 0.3) is 0 Å². The molecule has 0 atom stereocenters. The molecule has 2 rings (SSSR count). The Hall–Kier alpha value is -2.02. The highest BCUT2D eigenvalue weighted by Gasteiger charge is 2.12. The topological polar surface area (TPSA) is 85.2 Å². The van der Waals surface area contributed by atoms with Gasteiger partial charge in [0.1, 0.15) is 5.56 Å². The van der Waals surface area contributed by atoms with E-state index in [0.717, 1.165) is 0 Å². The number of hydrogen-bond donors (Lipinski definition) is 1. The lowest BCUT2D eigenvalue weighted by molar-refractivity contribution is 0.0694. The number of rotatable bonds is 3. The number of hydrogen-bond acceptors (Lipinski definition) is 5. The number of carboxylic acid groups (broad SMARTS) is 1. The van der Waals surface area contributed by atoms with E-state index in [0.29, 0.717) is 4.47 Å². The first-order chi connectivity index (χ1) is 8.16. The molecule has 0 aliphatic carbocycles. The largest absolute Gasteiger partial charge is 0.478 e. The van der Waals surface area contributed by atoms with Crippen LogP contribution < -0.4 is 4.74 Å². The maximum absolute atomic E-state index is 10.9. The molecule has 0 unspecified atom stereocenters. The molecule has 0 radical (unpaired) electrons. The molecule has 0 saturated carbocycles. The maximum Gasteiger partial charge on any atom is 0.339 e. The van der Waals surface area contributed by atoms with Gasteiger partial charge in [-0.1, -0.05) is 0 Å². The minimum Gasteiger partial charge on any atom is -0.478 e. The minimum absolute atomic E-state index is 0.00604. The Morgan fingerprint density at radius 3 is 2.65 bits per heavy atom. The molecule has 86 valence electrons. The summed E-state index contributed by atoms with van der Waals surface area (Å²) >= 11 is 3.18. The average molecular weight is 296 g/mol. The van der Waals surface area contributed by atoms with E-state index in [4.69, 9.17) is 9.84 Å². The Bertz CT molecular complexity index is 545. The Labute approximate surface area is 104 Å². The fourth-order valence-corrected chi connectivity index (χ4v) is 1.29. The third-order valence-corrected chi connectivity index (χ3v) is 2.22. The SMILES string of the molecule is O=C(O)c1ccncc1Oc1ncc(Br)cn1. The summed E-state index contributed by atoms with van der Waals surface area (Å²) in [5.74, 6) is -0.998. The Balaban J connectivity index is 2.30. The van der Waals surface area contributed by atoms with Crippen LogP contribution in [0.2, 0.25) is 0 Å². The van der Waals surface area contributed by atoms with E-state index in [2.05, 4.69) is 30.9 Å². The Morgan fingerprint density at radius 1 is 1.29 bits per heavy atom. The van der Waals surface area contributed by atoms with Crippen LogP contribution in [0.3, 0.4) is 0 Å². The molecule has 0 saturated heterocycles. The number of aromatic nitrogens is 3. The summed E-state index contributed by atoms with van der Waals surface area (Å²) in [5, 5.41) is 8.93. The van der Waals surface area contributed by atoms with Gasteiger partial charge in [-0.05, 0) is 22.0 Å². The number of nitrogens with zero attached hydrogens (tertiary/aromatic N) is 3. The van der Waals surface area contributed by atoms with Crippen molar-refractivity contribution in [3.8, 4) is 11.8 Å². The van der Waals surface area contributed by atoms with Crippen LogP contribution in [-0.4, -0.2) is 26.0 Å². The van der Waals surface area contributed by atoms with Crippen LogP contribution in [0.1, 0.15) is 10.4 Å². The van der Waals surface area contributed by atoms with Gasteiger partial charge in [-0.2, -0.15) is 0 Å². The van der Waals surface area contributed by atoms with Gasteiger partial charge in [-0.15, -0.1) is 0 Å². The van der Waals surface area contributed by atoms with Gasteiger partial charge in [0.25, 0.3) is 0 Å². The van der Waals surface area contributed by atoms with E-state index in [9.17, 15) is 4.79 Å². The van der Waals surface area contributed by atoms with Crippen molar-refractivity contribution in [2.24, 2.45) is 0 Å². The monoisotopic (exact) mass is 295 g/mol. The van der Waals surface area contributed by atoms with Gasteiger partial charge in [0.2, 0.25) is 0 Å². The highest BCUT2D eigenvalue weighted by molar-refractivity contribution is 9.10. The highest BCUT2D eigenvalue weighted by Crippen LogP contribution is 2.21. The molecule has 7 heteroatoms. The van der Waals surface area contributed by atoms with Crippen LogP contribution in [0.15, 0.2) is 35.3 Å². The summed E-state index contributed by atoms with van der Waals surface area (Å²) in [6, 6.07) is 1.40. The quantitative estimate of drug-likeness (QED) is 0.933. The second-order valence-electron chi connectivity index (χ2n) is 2.96. The van der Waals surface area contributed by atoms with Crippen LogP contribution in [-0.2, 0) is 0 Å². The van der Waals surface area contributed by atoms with Crippen molar-refractivity contribution in [1.82, 2.24) is 15.0 Å². The summed E-state index contributed by atoms with van der Waals surface area (Å²) in [6.07, 6.45) is 5.67. The lowest BCUT2D eigenvalue weighted by Crippen LogP contribution is -2.01. The molecule has 6 nitrogen and oxygen atoms in total. The zero-order valence-electron chi connectivity index (χ0n) is 8.37. The fraction of sp³-hybridized carbons (Fsp3) is 0. The predicted molar refractivity (Wildman–Crippen MR) is 61.0 cm³/mol. The van der Waals surface area contributed by atoms with Gasteiger partial charge in [0.15, 0.2) is 5.75 Å². The average Bonchev–Trinajstić information content (AvgIpc) is 2.32. The Morgan fingerprint density at radius 2 is 2.00 bits per heavy atom. The number of carboxylic acids is 1. The zero-order chi connectivity index (χ0) is 12.3. The van der Waals surface area contributed by atoms with Gasteiger partial charge in [-0.25, -0.2) is 14.8 Å². The van der Waals surface area contributed by atoms with Crippen molar-refractivity contribution in [1.29, 1.82) is 0 Å². The van der Waals surface area contributed by atoms with Crippen LogP contribution in [0.5, 0.6) is 11.8 Å². The summed E-state index contributed by atoms with van der Waals surface area (Å²) in [5.41, 5.74) is 0.00604. The first-order valence-electron chi connectivity index (χ1n) is 4.49. The van der Waals surface area contributed by atoms with Crippen molar-refractivity contribution in [3.05, 3.63) is 40.9 Å². The fourth-order valence-electron chi connectivity index (χ4n) is 1.09. The highest BCUT2D eigenvalue weighted by atomic mass is 79.9. The number of ether oxygens (including phenoxy) is 1. The molecule has 0 aliphatic rings. The maximum atomic E-state index is 10.9. The first kappa shape index (κ1) is 11.5. The number of pyridine rings is 1. The van der Waals surface area contributed by atoms with E-state index in [1.54, 1.807) is 0 Å². The van der Waals surface area contributed by atoms with Crippen molar-refractivity contribution in [3.63, 3.8) is 0 Å². The summed E-state index contributed by atoms with van der Waals surface area (Å²) < 4.78 is 5.94. The molecule has 0 aliphatic heterocycles. The molecule has 2 heterocycles. The van der Waals surface area contributed by atoms with E-state index >= 15 is 0 Å². The normalized spacial score (nSPS) is 9.94. The van der Waals surface area contributed by atoms with Gasteiger partial charge in [0, 0.05) is 18.6 Å². The predicted octanol–water partition coefficient (Wildman–Crippen LogP) is 2.12. The lowest BCUT2D eigenvalue weighted by atomic mass is 10.2. The molecule has 2 aromatic rings. The molecule has 0 bridgehead atoms. The van der Waals surface area contributed by atoms with Crippen LogP contribution in [0.4, 0.5) is 0 Å². The molecule has 17 heavy (non-hydrogen) atoms. The van der Waals surface area contributed by atoms with Gasteiger partial charge < -0.3 is 9.84 Å². The Kier molecular flexibility index (Phi) is 3.29. The molecule has 2 aromatic heterocycles. The van der Waals surface area contributed by atoms with E-state index < -0.39 is 5.97 Å². The molecule has 0 aromatic carbocycles. The lowest BCUT2D eigenvalue weighted by Gasteiger charge is -2.05. The molecule has 1 N–H and O–H groups in total. The van der Waals surface area contributed by atoms with E-state index in [1.165, 1.54) is 30.9 Å². The second kappa shape index (κ2) is 4.88. The smallest absolute Gasteiger partial charge is 0.339 e. The van der Waals surface area contributed by atoms with E-state index in [-0.39, 0.29) is 17.3 Å². The molecule has 0 spiro atoms.